The predicted molar refractivity (Wildman–Crippen MR) is 90.2 cm³/mol. The number of nitrogens with zero attached hydrogens (tertiary/aromatic N) is 1. The number of aryl methyl sites for hydroxylation is 1. The lowest BCUT2D eigenvalue weighted by atomic mass is 10.2. The van der Waals surface area contributed by atoms with Crippen LogP contribution in [0.3, 0.4) is 0 Å². The van der Waals surface area contributed by atoms with Crippen molar-refractivity contribution in [3.05, 3.63) is 28.2 Å². The van der Waals surface area contributed by atoms with E-state index in [1.54, 1.807) is 11.8 Å². The fourth-order valence-electron chi connectivity index (χ4n) is 2.57. The van der Waals surface area contributed by atoms with Crippen LogP contribution in [0.4, 0.5) is 0 Å². The molecule has 1 amide bonds. The summed E-state index contributed by atoms with van der Waals surface area (Å²) < 4.78 is 12.2. The fraction of sp³-hybridized carbons (Fsp3) is 0.588. The second kappa shape index (κ2) is 7.97. The average molecular weight is 370 g/mol. The van der Waals surface area contributed by atoms with Crippen molar-refractivity contribution in [2.75, 3.05) is 20.2 Å². The highest BCUT2D eigenvalue weighted by atomic mass is 79.9. The maximum atomic E-state index is 12.4. The molecule has 1 aromatic carbocycles. The van der Waals surface area contributed by atoms with Crippen molar-refractivity contribution in [2.45, 2.75) is 45.3 Å². The van der Waals surface area contributed by atoms with Gasteiger partial charge in [-0.2, -0.15) is 0 Å². The number of carbonyl (C=O) groups excluding carboxylic acids is 1. The van der Waals surface area contributed by atoms with Crippen LogP contribution in [0.25, 0.3) is 0 Å². The normalized spacial score (nSPS) is 19.0. The van der Waals surface area contributed by atoms with Gasteiger partial charge in [-0.3, -0.25) is 4.79 Å². The number of rotatable bonds is 6. The Labute approximate surface area is 140 Å². The van der Waals surface area contributed by atoms with E-state index < -0.39 is 6.10 Å². The third-order valence-corrected chi connectivity index (χ3v) is 4.55. The molecule has 2 atom stereocenters. The Kier molecular flexibility index (Phi) is 6.26. The van der Waals surface area contributed by atoms with Crippen LogP contribution in [0.15, 0.2) is 22.7 Å². The third-order valence-electron chi connectivity index (χ3n) is 3.93. The number of benzene rings is 1. The molecular formula is C17H24BrNO3. The van der Waals surface area contributed by atoms with E-state index in [1.165, 1.54) is 0 Å². The van der Waals surface area contributed by atoms with Crippen molar-refractivity contribution in [1.82, 2.24) is 4.90 Å². The van der Waals surface area contributed by atoms with E-state index in [2.05, 4.69) is 15.9 Å². The molecule has 0 saturated carbocycles. The molecule has 0 bridgehead atoms. The molecule has 1 aromatic rings. The minimum absolute atomic E-state index is 0.00882. The molecule has 4 nitrogen and oxygen atoms in total. The minimum atomic E-state index is -0.506. The molecule has 0 aliphatic carbocycles. The second-order valence-electron chi connectivity index (χ2n) is 5.88. The molecule has 122 valence electrons. The molecule has 1 aliphatic rings. The van der Waals surface area contributed by atoms with E-state index in [9.17, 15) is 4.79 Å². The summed E-state index contributed by atoms with van der Waals surface area (Å²) in [5.41, 5.74) is 1.15. The van der Waals surface area contributed by atoms with Crippen molar-refractivity contribution >= 4 is 21.8 Å². The number of likely N-dealkylation sites (N-methyl/N-ethyl adjacent to an activating group) is 1. The SMILES string of the molecule is Cc1ccc(O[C@H](C)C(=O)N(C)CC[C@@H]2CCCO2)c(Br)c1. The van der Waals surface area contributed by atoms with Crippen LogP contribution >= 0.6 is 15.9 Å². The summed E-state index contributed by atoms with van der Waals surface area (Å²) >= 11 is 3.47. The molecule has 1 saturated heterocycles. The Balaban J connectivity index is 1.84. The van der Waals surface area contributed by atoms with Gasteiger partial charge in [0.2, 0.25) is 0 Å². The molecule has 1 fully saturated rings. The molecule has 0 N–H and O–H groups in total. The largest absolute Gasteiger partial charge is 0.480 e. The van der Waals surface area contributed by atoms with E-state index in [-0.39, 0.29) is 5.91 Å². The highest BCUT2D eigenvalue weighted by Crippen LogP contribution is 2.27. The Bertz CT molecular complexity index is 515. The average Bonchev–Trinajstić information content (AvgIpc) is 3.00. The van der Waals surface area contributed by atoms with Crippen LogP contribution in [0, 0.1) is 6.92 Å². The zero-order chi connectivity index (χ0) is 16.1. The Hall–Kier alpha value is -1.07. The minimum Gasteiger partial charge on any atom is -0.480 e. The lowest BCUT2D eigenvalue weighted by Gasteiger charge is -2.23. The van der Waals surface area contributed by atoms with Crippen molar-refractivity contribution in [3.8, 4) is 5.75 Å². The van der Waals surface area contributed by atoms with Gasteiger partial charge in [0.05, 0.1) is 10.6 Å². The Morgan fingerprint density at radius 3 is 2.95 bits per heavy atom. The molecule has 1 aliphatic heterocycles. The van der Waals surface area contributed by atoms with Crippen molar-refractivity contribution in [1.29, 1.82) is 0 Å². The topological polar surface area (TPSA) is 38.8 Å². The van der Waals surface area contributed by atoms with Gasteiger partial charge in [-0.25, -0.2) is 0 Å². The third kappa shape index (κ3) is 4.71. The quantitative estimate of drug-likeness (QED) is 0.769. The van der Waals surface area contributed by atoms with Gasteiger partial charge >= 0.3 is 0 Å². The van der Waals surface area contributed by atoms with Gasteiger partial charge in [0, 0.05) is 20.2 Å². The maximum Gasteiger partial charge on any atom is 0.263 e. The Morgan fingerprint density at radius 2 is 2.32 bits per heavy atom. The molecule has 0 aromatic heterocycles. The van der Waals surface area contributed by atoms with E-state index in [4.69, 9.17) is 9.47 Å². The number of halogens is 1. The summed E-state index contributed by atoms with van der Waals surface area (Å²) in [5.74, 6) is 0.685. The molecule has 22 heavy (non-hydrogen) atoms. The van der Waals surface area contributed by atoms with Crippen LogP contribution in [-0.2, 0) is 9.53 Å². The summed E-state index contributed by atoms with van der Waals surface area (Å²) in [5, 5.41) is 0. The smallest absolute Gasteiger partial charge is 0.263 e. The summed E-state index contributed by atoms with van der Waals surface area (Å²) in [4.78, 5) is 14.1. The first kappa shape index (κ1) is 17.3. The molecule has 0 unspecified atom stereocenters. The summed E-state index contributed by atoms with van der Waals surface area (Å²) in [6.07, 6.45) is 2.92. The molecule has 2 rings (SSSR count). The molecule has 1 heterocycles. The summed E-state index contributed by atoms with van der Waals surface area (Å²) in [6.45, 7) is 5.36. The van der Waals surface area contributed by atoms with E-state index in [0.717, 1.165) is 35.9 Å². The zero-order valence-electron chi connectivity index (χ0n) is 13.5. The van der Waals surface area contributed by atoms with Crippen molar-refractivity contribution < 1.29 is 14.3 Å². The summed E-state index contributed by atoms with van der Waals surface area (Å²) in [7, 11) is 1.82. The maximum absolute atomic E-state index is 12.4. The van der Waals surface area contributed by atoms with Crippen LogP contribution in [0.2, 0.25) is 0 Å². The predicted octanol–water partition coefficient (Wildman–Crippen LogP) is 3.55. The van der Waals surface area contributed by atoms with Crippen LogP contribution in [0.1, 0.15) is 31.7 Å². The van der Waals surface area contributed by atoms with Crippen LogP contribution in [-0.4, -0.2) is 43.2 Å². The standard InChI is InChI=1S/C17H24BrNO3/c1-12-6-7-16(15(18)11-12)22-13(2)17(20)19(3)9-8-14-5-4-10-21-14/h6-7,11,13-14H,4-5,8-10H2,1-3H3/t13-,14+/m1/s1. The zero-order valence-corrected chi connectivity index (χ0v) is 15.1. The van der Waals surface area contributed by atoms with Gasteiger partial charge < -0.3 is 14.4 Å². The van der Waals surface area contributed by atoms with Crippen LogP contribution < -0.4 is 4.74 Å². The highest BCUT2D eigenvalue weighted by Gasteiger charge is 2.22. The van der Waals surface area contributed by atoms with Crippen molar-refractivity contribution in [2.24, 2.45) is 0 Å². The highest BCUT2D eigenvalue weighted by molar-refractivity contribution is 9.10. The number of hydrogen-bond acceptors (Lipinski definition) is 3. The number of amides is 1. The molecule has 0 spiro atoms. The number of carbonyl (C=O) groups is 1. The van der Waals surface area contributed by atoms with Gasteiger partial charge in [-0.1, -0.05) is 6.07 Å². The first-order chi connectivity index (χ1) is 10.5. The van der Waals surface area contributed by atoms with Crippen LogP contribution in [0.5, 0.6) is 5.75 Å². The van der Waals surface area contributed by atoms with E-state index in [0.29, 0.717) is 18.4 Å². The summed E-state index contributed by atoms with van der Waals surface area (Å²) in [6, 6.07) is 5.83. The van der Waals surface area contributed by atoms with E-state index >= 15 is 0 Å². The second-order valence-corrected chi connectivity index (χ2v) is 6.73. The molecular weight excluding hydrogens is 346 g/mol. The van der Waals surface area contributed by atoms with E-state index in [1.807, 2.05) is 32.2 Å². The van der Waals surface area contributed by atoms with Gasteiger partial charge in [0.1, 0.15) is 5.75 Å². The first-order valence-electron chi connectivity index (χ1n) is 7.76. The van der Waals surface area contributed by atoms with Gasteiger partial charge in [0.25, 0.3) is 5.91 Å². The Morgan fingerprint density at radius 1 is 1.55 bits per heavy atom. The van der Waals surface area contributed by atoms with Gasteiger partial charge in [-0.05, 0) is 66.7 Å². The number of hydrogen-bond donors (Lipinski definition) is 0. The fourth-order valence-corrected chi connectivity index (χ4v) is 3.16. The molecule has 5 heteroatoms. The first-order valence-corrected chi connectivity index (χ1v) is 8.56. The lowest BCUT2D eigenvalue weighted by molar-refractivity contribution is -0.136. The number of ether oxygens (including phenoxy) is 2. The lowest BCUT2D eigenvalue weighted by Crippen LogP contribution is -2.39. The molecule has 0 radical (unpaired) electrons. The van der Waals surface area contributed by atoms with Gasteiger partial charge in [-0.15, -0.1) is 0 Å². The monoisotopic (exact) mass is 369 g/mol. The van der Waals surface area contributed by atoms with Gasteiger partial charge in [0.15, 0.2) is 6.10 Å². The van der Waals surface area contributed by atoms with Crippen molar-refractivity contribution in [3.63, 3.8) is 0 Å².